The van der Waals surface area contributed by atoms with Crippen molar-refractivity contribution in [3.8, 4) is 0 Å². The summed E-state index contributed by atoms with van der Waals surface area (Å²) in [6, 6.07) is 15.3. The van der Waals surface area contributed by atoms with Crippen molar-refractivity contribution in [1.82, 2.24) is 5.32 Å². The maximum absolute atomic E-state index is 12.1. The van der Waals surface area contributed by atoms with Gasteiger partial charge in [-0.2, -0.15) is 0 Å². The number of ketones is 1. The van der Waals surface area contributed by atoms with Gasteiger partial charge in [0.25, 0.3) is 7.72 Å². The van der Waals surface area contributed by atoms with Crippen LogP contribution in [0.5, 0.6) is 0 Å². The van der Waals surface area contributed by atoms with Crippen molar-refractivity contribution in [1.29, 1.82) is 0 Å². The fraction of sp³-hybridized carbons (Fsp3) is 0.263. The fourth-order valence-corrected chi connectivity index (χ4v) is 4.18. The second-order valence-electron chi connectivity index (χ2n) is 6.25. The normalized spacial score (nSPS) is 12.6. The highest BCUT2D eigenvalue weighted by atomic mass is 31.2. The van der Waals surface area contributed by atoms with Crippen LogP contribution in [-0.4, -0.2) is 39.4 Å². The van der Waals surface area contributed by atoms with Crippen molar-refractivity contribution in [2.24, 2.45) is 0 Å². The molecular formula is C19H23NO5P+. The molecule has 0 radical (unpaired) electrons. The quantitative estimate of drug-likeness (QED) is 0.501. The summed E-state index contributed by atoms with van der Waals surface area (Å²) in [5, 5.41) is 12.0. The molecule has 7 heteroatoms. The minimum absolute atomic E-state index is 0.0177. The van der Waals surface area contributed by atoms with Crippen LogP contribution >= 0.6 is 7.72 Å². The smallest absolute Gasteiger partial charge is 0.335 e. The van der Waals surface area contributed by atoms with Crippen molar-refractivity contribution in [2.75, 3.05) is 12.7 Å². The zero-order valence-corrected chi connectivity index (χ0v) is 15.4. The molecule has 2 rings (SSSR count). The zero-order chi connectivity index (χ0) is 19.2. The highest BCUT2D eigenvalue weighted by molar-refractivity contribution is 7.64. The molecule has 0 amide bonds. The third-order valence-corrected chi connectivity index (χ3v) is 5.68. The van der Waals surface area contributed by atoms with Gasteiger partial charge in [-0.3, -0.25) is 4.79 Å². The van der Waals surface area contributed by atoms with E-state index in [0.29, 0.717) is 0 Å². The molecule has 2 aromatic carbocycles. The number of carboxylic acids is 1. The van der Waals surface area contributed by atoms with Crippen LogP contribution < -0.4 is 5.32 Å². The molecule has 2 aromatic rings. The summed E-state index contributed by atoms with van der Waals surface area (Å²) < 4.78 is 0. The second-order valence-corrected chi connectivity index (χ2v) is 8.64. The van der Waals surface area contributed by atoms with E-state index < -0.39 is 13.7 Å². The van der Waals surface area contributed by atoms with Crippen molar-refractivity contribution in [3.63, 3.8) is 0 Å². The van der Waals surface area contributed by atoms with Crippen LogP contribution in [0.4, 0.5) is 0 Å². The van der Waals surface area contributed by atoms with Gasteiger partial charge in [0.15, 0.2) is 11.9 Å². The molecule has 1 atom stereocenters. The predicted molar refractivity (Wildman–Crippen MR) is 101 cm³/mol. The SMILES string of the molecule is CC(NCC(=O)C[P+](O)(O)Cc1ccccc1)c1cccc(C(=O)O)c1. The van der Waals surface area contributed by atoms with E-state index in [0.717, 1.165) is 11.1 Å². The van der Waals surface area contributed by atoms with E-state index in [1.165, 1.54) is 6.07 Å². The predicted octanol–water partition coefficient (Wildman–Crippen LogP) is 2.64. The average molecular weight is 376 g/mol. The number of aromatic carboxylic acids is 1. The molecule has 138 valence electrons. The van der Waals surface area contributed by atoms with Gasteiger partial charge in [0.1, 0.15) is 6.16 Å². The van der Waals surface area contributed by atoms with Crippen molar-refractivity contribution in [3.05, 3.63) is 71.3 Å². The monoisotopic (exact) mass is 376 g/mol. The summed E-state index contributed by atoms with van der Waals surface area (Å²) in [5.74, 6) is -1.30. The number of hydrogen-bond acceptors (Lipinski definition) is 5. The third-order valence-electron chi connectivity index (χ3n) is 3.95. The number of benzene rings is 2. The van der Waals surface area contributed by atoms with Crippen molar-refractivity contribution < 1.29 is 24.5 Å². The van der Waals surface area contributed by atoms with Crippen LogP contribution in [0.2, 0.25) is 0 Å². The maximum atomic E-state index is 12.1. The van der Waals surface area contributed by atoms with Crippen LogP contribution in [-0.2, 0) is 11.0 Å². The van der Waals surface area contributed by atoms with Crippen LogP contribution in [0.25, 0.3) is 0 Å². The summed E-state index contributed by atoms with van der Waals surface area (Å²) in [6.07, 6.45) is -0.202. The van der Waals surface area contributed by atoms with Crippen LogP contribution in [0.1, 0.15) is 34.5 Å². The Balaban J connectivity index is 1.87. The molecule has 6 nitrogen and oxygen atoms in total. The van der Waals surface area contributed by atoms with E-state index in [1.807, 2.05) is 25.1 Å². The highest BCUT2D eigenvalue weighted by Crippen LogP contribution is 2.52. The Morgan fingerprint density at radius 3 is 2.42 bits per heavy atom. The molecule has 0 aliphatic carbocycles. The number of carbonyl (C=O) groups excluding carboxylic acids is 1. The van der Waals surface area contributed by atoms with Gasteiger partial charge in [0.05, 0.1) is 12.1 Å². The van der Waals surface area contributed by atoms with E-state index >= 15 is 0 Å². The molecule has 4 N–H and O–H groups in total. The first kappa shape index (κ1) is 20.2. The number of hydrogen-bond donors (Lipinski definition) is 4. The molecule has 0 fully saturated rings. The van der Waals surface area contributed by atoms with Gasteiger partial charge < -0.3 is 10.4 Å². The van der Waals surface area contributed by atoms with Gasteiger partial charge in [0, 0.05) is 6.04 Å². The van der Waals surface area contributed by atoms with Gasteiger partial charge >= 0.3 is 5.97 Å². The lowest BCUT2D eigenvalue weighted by Gasteiger charge is -2.16. The Kier molecular flexibility index (Phi) is 7.00. The second kappa shape index (κ2) is 9.01. The van der Waals surface area contributed by atoms with Gasteiger partial charge in [-0.15, -0.1) is 0 Å². The Morgan fingerprint density at radius 1 is 1.08 bits per heavy atom. The zero-order valence-electron chi connectivity index (χ0n) is 14.5. The topological polar surface area (TPSA) is 107 Å². The van der Waals surface area contributed by atoms with Gasteiger partial charge in [-0.05, 0) is 30.2 Å². The van der Waals surface area contributed by atoms with Gasteiger partial charge in [-0.25, -0.2) is 14.6 Å². The van der Waals surface area contributed by atoms with Crippen LogP contribution in [0, 0.1) is 0 Å². The van der Waals surface area contributed by atoms with Gasteiger partial charge in [0.2, 0.25) is 0 Å². The lowest BCUT2D eigenvalue weighted by molar-refractivity contribution is -0.116. The minimum atomic E-state index is -3.34. The molecule has 0 aliphatic heterocycles. The lowest BCUT2D eigenvalue weighted by atomic mass is 10.1. The molecule has 0 heterocycles. The molecule has 0 saturated carbocycles. The Morgan fingerprint density at radius 2 is 1.77 bits per heavy atom. The molecule has 26 heavy (non-hydrogen) atoms. The van der Waals surface area contributed by atoms with E-state index in [-0.39, 0.29) is 36.3 Å². The lowest BCUT2D eigenvalue weighted by Crippen LogP contribution is -2.28. The summed E-state index contributed by atoms with van der Waals surface area (Å²) in [4.78, 5) is 43.5. The van der Waals surface area contributed by atoms with Crippen LogP contribution in [0.3, 0.4) is 0 Å². The van der Waals surface area contributed by atoms with E-state index in [1.54, 1.807) is 30.3 Å². The maximum Gasteiger partial charge on any atom is 0.335 e. The Labute approximate surface area is 153 Å². The van der Waals surface area contributed by atoms with Crippen LogP contribution in [0.15, 0.2) is 54.6 Å². The first-order valence-corrected chi connectivity index (χ1v) is 10.3. The van der Waals surface area contributed by atoms with Gasteiger partial charge in [-0.1, -0.05) is 42.5 Å². The third kappa shape index (κ3) is 6.32. The summed E-state index contributed by atoms with van der Waals surface area (Å²) in [7, 11) is -3.34. The van der Waals surface area contributed by atoms with Crippen molar-refractivity contribution in [2.45, 2.75) is 19.1 Å². The molecule has 0 saturated heterocycles. The van der Waals surface area contributed by atoms with E-state index in [2.05, 4.69) is 5.32 Å². The number of carboxylic acid groups (broad SMARTS) is 1. The number of rotatable bonds is 9. The van der Waals surface area contributed by atoms with E-state index in [9.17, 15) is 19.4 Å². The largest absolute Gasteiger partial charge is 0.478 e. The number of nitrogens with one attached hydrogen (secondary N) is 1. The molecule has 1 unspecified atom stereocenters. The molecular weight excluding hydrogens is 353 g/mol. The molecule has 0 aliphatic rings. The summed E-state index contributed by atoms with van der Waals surface area (Å²) >= 11 is 0. The minimum Gasteiger partial charge on any atom is -0.478 e. The molecule has 0 spiro atoms. The summed E-state index contributed by atoms with van der Waals surface area (Å²) in [6.45, 7) is 1.80. The van der Waals surface area contributed by atoms with Crippen molar-refractivity contribution >= 4 is 19.5 Å². The molecule has 0 bridgehead atoms. The first-order chi connectivity index (χ1) is 12.3. The number of Topliss-reactive ketones (excluding diaryl/α,β-unsaturated/α-hetero) is 1. The first-order valence-electron chi connectivity index (χ1n) is 8.22. The fourth-order valence-electron chi connectivity index (χ4n) is 2.60. The number of carbonyl (C=O) groups is 2. The Hall–Kier alpha value is -2.11. The standard InChI is InChI=1S/C19H22NO5P/c1-14(16-8-5-9-17(10-16)19(22)23)20-11-18(21)13-26(24,25)12-15-6-3-2-4-7-15/h2-10,14,20,24-25H,11-13H2,1H3/p+1. The summed E-state index contributed by atoms with van der Waals surface area (Å²) in [5.41, 5.74) is 1.71. The average Bonchev–Trinajstić information content (AvgIpc) is 2.59. The molecule has 0 aromatic heterocycles. The Bertz CT molecular complexity index is 764. The highest BCUT2D eigenvalue weighted by Gasteiger charge is 2.36. The van der Waals surface area contributed by atoms with E-state index in [4.69, 9.17) is 5.11 Å².